The molecule has 0 saturated carbocycles. The molecule has 1 fully saturated rings. The Balaban J connectivity index is 1.60. The van der Waals surface area contributed by atoms with Crippen LogP contribution in [0, 0.1) is 6.92 Å². The molecular weight excluding hydrogens is 400 g/mol. The summed E-state index contributed by atoms with van der Waals surface area (Å²) in [4.78, 5) is 12.8. The number of nitrogens with zero attached hydrogens (tertiary/aromatic N) is 3. The summed E-state index contributed by atoms with van der Waals surface area (Å²) in [5.41, 5.74) is 1.56. The molecule has 0 radical (unpaired) electrons. The molecule has 1 aromatic carbocycles. The monoisotopic (exact) mass is 432 g/mol. The Morgan fingerprint density at radius 1 is 1.10 bits per heavy atom. The van der Waals surface area contributed by atoms with Crippen LogP contribution in [0.1, 0.15) is 57.7 Å². The van der Waals surface area contributed by atoms with Crippen LogP contribution in [0.4, 0.5) is 5.82 Å². The number of hydrogen-bond donors (Lipinski definition) is 1. The molecule has 0 bridgehead atoms. The van der Waals surface area contributed by atoms with Gasteiger partial charge >= 0.3 is 0 Å². The normalized spacial score (nSPS) is 15.9. The standard InChI is InChI=1S/C22H32N4O3S/c1-17-16-20(26(24-17)22(2,3)4)23-21(27)13-10-18-8-11-19(12-9-18)30(28,29)25-14-6-5-7-15-25/h8-9,11-12,16H,5-7,10,13-15H2,1-4H3,(H,23,27). The number of aromatic nitrogens is 2. The average Bonchev–Trinajstić information content (AvgIpc) is 3.08. The van der Waals surface area contributed by atoms with Crippen LogP contribution in [0.25, 0.3) is 0 Å². The summed E-state index contributed by atoms with van der Waals surface area (Å²) < 4.78 is 28.9. The first-order chi connectivity index (χ1) is 14.1. The van der Waals surface area contributed by atoms with E-state index in [1.54, 1.807) is 28.6 Å². The van der Waals surface area contributed by atoms with E-state index in [0.717, 1.165) is 30.5 Å². The first-order valence-corrected chi connectivity index (χ1v) is 12.0. The van der Waals surface area contributed by atoms with Gasteiger partial charge in [0.1, 0.15) is 5.82 Å². The van der Waals surface area contributed by atoms with Gasteiger partial charge in [-0.1, -0.05) is 18.6 Å². The maximum Gasteiger partial charge on any atom is 0.243 e. The van der Waals surface area contributed by atoms with Crippen molar-refractivity contribution in [2.75, 3.05) is 18.4 Å². The highest BCUT2D eigenvalue weighted by molar-refractivity contribution is 7.89. The lowest BCUT2D eigenvalue weighted by Crippen LogP contribution is -2.35. The molecule has 1 N–H and O–H groups in total. The van der Waals surface area contributed by atoms with Crippen molar-refractivity contribution < 1.29 is 13.2 Å². The van der Waals surface area contributed by atoms with Gasteiger partial charge in [-0.3, -0.25) is 4.79 Å². The molecule has 1 amide bonds. The largest absolute Gasteiger partial charge is 0.311 e. The van der Waals surface area contributed by atoms with Gasteiger partial charge in [0.2, 0.25) is 15.9 Å². The Hall–Kier alpha value is -2.19. The summed E-state index contributed by atoms with van der Waals surface area (Å²) >= 11 is 0. The van der Waals surface area contributed by atoms with E-state index in [0.29, 0.717) is 36.6 Å². The molecule has 2 aromatic rings. The SMILES string of the molecule is Cc1cc(NC(=O)CCc2ccc(S(=O)(=O)N3CCCCC3)cc2)n(C(C)(C)C)n1. The first-order valence-electron chi connectivity index (χ1n) is 10.5. The molecule has 3 rings (SSSR count). The molecule has 0 unspecified atom stereocenters. The minimum Gasteiger partial charge on any atom is -0.311 e. The zero-order valence-corrected chi connectivity index (χ0v) is 19.1. The van der Waals surface area contributed by atoms with Crippen LogP contribution < -0.4 is 5.32 Å². The number of amides is 1. The van der Waals surface area contributed by atoms with Gasteiger partial charge in [0.25, 0.3) is 0 Å². The Bertz CT molecular complexity index is 982. The number of aryl methyl sites for hydroxylation is 2. The number of anilines is 1. The maximum atomic E-state index is 12.7. The Kier molecular flexibility index (Phi) is 6.67. The molecule has 2 heterocycles. The zero-order chi connectivity index (χ0) is 21.9. The molecule has 0 atom stereocenters. The number of benzene rings is 1. The fraction of sp³-hybridized carbons (Fsp3) is 0.545. The van der Waals surface area contributed by atoms with E-state index in [4.69, 9.17) is 0 Å². The first kappa shape index (κ1) is 22.5. The summed E-state index contributed by atoms with van der Waals surface area (Å²) in [5, 5.41) is 7.41. The van der Waals surface area contributed by atoms with E-state index in [2.05, 4.69) is 10.4 Å². The van der Waals surface area contributed by atoms with Crippen LogP contribution in [0.3, 0.4) is 0 Å². The van der Waals surface area contributed by atoms with E-state index >= 15 is 0 Å². The molecule has 8 heteroatoms. The van der Waals surface area contributed by atoms with Crippen molar-refractivity contribution >= 4 is 21.7 Å². The Labute approximate surface area is 179 Å². The molecule has 0 aliphatic carbocycles. The highest BCUT2D eigenvalue weighted by atomic mass is 32.2. The van der Waals surface area contributed by atoms with Crippen molar-refractivity contribution in [2.45, 2.75) is 70.2 Å². The second-order valence-electron chi connectivity index (χ2n) is 8.91. The smallest absolute Gasteiger partial charge is 0.243 e. The lowest BCUT2D eigenvalue weighted by molar-refractivity contribution is -0.116. The van der Waals surface area contributed by atoms with Crippen molar-refractivity contribution in [3.05, 3.63) is 41.6 Å². The summed E-state index contributed by atoms with van der Waals surface area (Å²) in [6.07, 6.45) is 3.77. The molecule has 164 valence electrons. The van der Waals surface area contributed by atoms with Crippen molar-refractivity contribution in [2.24, 2.45) is 0 Å². The fourth-order valence-electron chi connectivity index (χ4n) is 3.65. The summed E-state index contributed by atoms with van der Waals surface area (Å²) in [6.45, 7) is 9.19. The molecule has 1 aliphatic rings. The molecule has 1 aliphatic heterocycles. The predicted molar refractivity (Wildman–Crippen MR) is 118 cm³/mol. The van der Waals surface area contributed by atoms with Crippen molar-refractivity contribution in [1.82, 2.24) is 14.1 Å². The lowest BCUT2D eigenvalue weighted by atomic mass is 10.1. The van der Waals surface area contributed by atoms with Crippen LogP contribution >= 0.6 is 0 Å². The number of sulfonamides is 1. The van der Waals surface area contributed by atoms with E-state index in [1.807, 2.05) is 38.4 Å². The molecule has 30 heavy (non-hydrogen) atoms. The number of carbonyl (C=O) groups is 1. The minimum atomic E-state index is -3.42. The van der Waals surface area contributed by atoms with Gasteiger partial charge in [-0.05, 0) is 64.7 Å². The van der Waals surface area contributed by atoms with Crippen molar-refractivity contribution in [3.63, 3.8) is 0 Å². The van der Waals surface area contributed by atoms with Gasteiger partial charge < -0.3 is 5.32 Å². The molecule has 1 aromatic heterocycles. The number of rotatable bonds is 6. The van der Waals surface area contributed by atoms with Crippen LogP contribution in [0.15, 0.2) is 35.2 Å². The topological polar surface area (TPSA) is 84.3 Å². The van der Waals surface area contributed by atoms with Crippen molar-refractivity contribution in [3.8, 4) is 0 Å². The van der Waals surface area contributed by atoms with Gasteiger partial charge in [-0.15, -0.1) is 0 Å². The highest BCUT2D eigenvalue weighted by Gasteiger charge is 2.25. The van der Waals surface area contributed by atoms with Gasteiger partial charge in [-0.2, -0.15) is 9.40 Å². The summed E-state index contributed by atoms with van der Waals surface area (Å²) in [7, 11) is -3.42. The average molecular weight is 433 g/mol. The van der Waals surface area contributed by atoms with Crippen LogP contribution in [-0.4, -0.2) is 41.5 Å². The Morgan fingerprint density at radius 3 is 2.33 bits per heavy atom. The number of carbonyl (C=O) groups excluding carboxylic acids is 1. The summed E-state index contributed by atoms with van der Waals surface area (Å²) in [6, 6.07) is 8.76. The third kappa shape index (κ3) is 5.29. The van der Waals surface area contributed by atoms with E-state index in [9.17, 15) is 13.2 Å². The van der Waals surface area contributed by atoms with Gasteiger partial charge in [-0.25, -0.2) is 13.1 Å². The van der Waals surface area contributed by atoms with Gasteiger partial charge in [0, 0.05) is 25.6 Å². The fourth-order valence-corrected chi connectivity index (χ4v) is 5.16. The minimum absolute atomic E-state index is 0.0922. The van der Waals surface area contributed by atoms with Gasteiger partial charge in [0.05, 0.1) is 16.1 Å². The van der Waals surface area contributed by atoms with Crippen LogP contribution in [0.2, 0.25) is 0 Å². The number of hydrogen-bond acceptors (Lipinski definition) is 4. The summed E-state index contributed by atoms with van der Waals surface area (Å²) in [5.74, 6) is 0.596. The van der Waals surface area contributed by atoms with Crippen molar-refractivity contribution in [1.29, 1.82) is 0 Å². The van der Waals surface area contributed by atoms with Crippen LogP contribution in [0.5, 0.6) is 0 Å². The maximum absolute atomic E-state index is 12.7. The lowest BCUT2D eigenvalue weighted by Gasteiger charge is -2.25. The quantitative estimate of drug-likeness (QED) is 0.754. The van der Waals surface area contributed by atoms with Crippen LogP contribution in [-0.2, 0) is 26.8 Å². The van der Waals surface area contributed by atoms with E-state index in [1.165, 1.54) is 0 Å². The molecule has 0 spiro atoms. The second kappa shape index (κ2) is 8.89. The molecule has 1 saturated heterocycles. The Morgan fingerprint density at radius 2 is 1.73 bits per heavy atom. The number of piperidine rings is 1. The zero-order valence-electron chi connectivity index (χ0n) is 18.3. The number of nitrogens with one attached hydrogen (secondary N) is 1. The second-order valence-corrected chi connectivity index (χ2v) is 10.8. The third-order valence-corrected chi connectivity index (χ3v) is 7.16. The van der Waals surface area contributed by atoms with E-state index in [-0.39, 0.29) is 11.4 Å². The highest BCUT2D eigenvalue weighted by Crippen LogP contribution is 2.23. The third-order valence-electron chi connectivity index (χ3n) is 5.25. The predicted octanol–water partition coefficient (Wildman–Crippen LogP) is 3.69. The molecular formula is C22H32N4O3S. The molecule has 7 nitrogen and oxygen atoms in total. The van der Waals surface area contributed by atoms with Gasteiger partial charge in [0.15, 0.2) is 0 Å². The van der Waals surface area contributed by atoms with E-state index < -0.39 is 10.0 Å².